The Morgan fingerprint density at radius 3 is 2.65 bits per heavy atom. The molecule has 1 aromatic carbocycles. The zero-order valence-corrected chi connectivity index (χ0v) is 12.8. The van der Waals surface area contributed by atoms with Crippen LogP contribution in [0.25, 0.3) is 6.08 Å². The number of carbonyl (C=O) groups excluding carboxylic acids is 2. The zero-order chi connectivity index (χ0) is 15.1. The number of carbonyl (C=O) groups is 2. The van der Waals surface area contributed by atoms with Crippen LogP contribution in [-0.4, -0.2) is 24.4 Å². The highest BCUT2D eigenvalue weighted by molar-refractivity contribution is 6.42. The highest BCUT2D eigenvalue weighted by Crippen LogP contribution is 2.26. The minimum Gasteiger partial charge on any atom is -0.352 e. The molecule has 108 valence electrons. The highest BCUT2D eigenvalue weighted by Gasteiger charge is 2.05. The second-order valence-corrected chi connectivity index (χ2v) is 5.20. The molecule has 0 aliphatic heterocycles. The standard InChI is InChI=1S/C14H16Cl2N2O2/c1-9(2)18-13(20)8-17-12(19)7-6-10-4-3-5-11(15)14(10)16/h3-7,9H,8H2,1-2H3,(H,17,19)(H,18,20)/b7-6+. The summed E-state index contributed by atoms with van der Waals surface area (Å²) in [6.07, 6.45) is 2.85. The zero-order valence-electron chi connectivity index (χ0n) is 11.2. The van der Waals surface area contributed by atoms with E-state index in [1.807, 2.05) is 13.8 Å². The minimum atomic E-state index is -0.375. The van der Waals surface area contributed by atoms with E-state index in [0.717, 1.165) is 0 Å². The number of rotatable bonds is 5. The number of hydrogen-bond donors (Lipinski definition) is 2. The van der Waals surface area contributed by atoms with Gasteiger partial charge in [-0.25, -0.2) is 0 Å². The molecule has 1 rings (SSSR count). The molecule has 6 heteroatoms. The molecule has 0 saturated carbocycles. The second-order valence-electron chi connectivity index (χ2n) is 4.42. The molecule has 2 amide bonds. The molecule has 4 nitrogen and oxygen atoms in total. The molecule has 0 fully saturated rings. The van der Waals surface area contributed by atoms with E-state index in [4.69, 9.17) is 23.2 Å². The molecule has 0 bridgehead atoms. The lowest BCUT2D eigenvalue weighted by Gasteiger charge is -2.08. The molecule has 0 atom stereocenters. The average molecular weight is 315 g/mol. The third-order valence-corrected chi connectivity index (χ3v) is 3.10. The fraction of sp³-hybridized carbons (Fsp3) is 0.286. The Balaban J connectivity index is 2.52. The summed E-state index contributed by atoms with van der Waals surface area (Å²) < 4.78 is 0. The van der Waals surface area contributed by atoms with Crippen LogP contribution in [0.5, 0.6) is 0 Å². The SMILES string of the molecule is CC(C)NC(=O)CNC(=O)/C=C/c1cccc(Cl)c1Cl. The summed E-state index contributed by atoms with van der Waals surface area (Å²) in [7, 11) is 0. The molecule has 1 aromatic rings. The van der Waals surface area contributed by atoms with Gasteiger partial charge in [-0.15, -0.1) is 0 Å². The van der Waals surface area contributed by atoms with Gasteiger partial charge in [-0.3, -0.25) is 9.59 Å². The predicted molar refractivity (Wildman–Crippen MR) is 81.8 cm³/mol. The van der Waals surface area contributed by atoms with Crippen molar-refractivity contribution in [2.75, 3.05) is 6.54 Å². The molecule has 0 unspecified atom stereocenters. The molecule has 0 radical (unpaired) electrons. The summed E-state index contributed by atoms with van der Waals surface area (Å²) in [6.45, 7) is 3.63. The second kappa shape index (κ2) is 7.92. The van der Waals surface area contributed by atoms with Crippen molar-refractivity contribution < 1.29 is 9.59 Å². The number of halogens is 2. The fourth-order valence-corrected chi connectivity index (χ4v) is 1.78. The van der Waals surface area contributed by atoms with Gasteiger partial charge in [0.25, 0.3) is 0 Å². The Kier molecular flexibility index (Phi) is 6.55. The van der Waals surface area contributed by atoms with Crippen molar-refractivity contribution in [2.24, 2.45) is 0 Å². The van der Waals surface area contributed by atoms with Gasteiger partial charge < -0.3 is 10.6 Å². The molecule has 0 aliphatic carbocycles. The van der Waals surface area contributed by atoms with Crippen molar-refractivity contribution in [3.8, 4) is 0 Å². The molecule has 2 N–H and O–H groups in total. The van der Waals surface area contributed by atoms with Crippen molar-refractivity contribution >= 4 is 41.1 Å². The summed E-state index contributed by atoms with van der Waals surface area (Å²) in [5, 5.41) is 5.96. The molecule has 0 spiro atoms. The largest absolute Gasteiger partial charge is 0.352 e. The van der Waals surface area contributed by atoms with Gasteiger partial charge in [0.1, 0.15) is 0 Å². The molecule has 20 heavy (non-hydrogen) atoms. The van der Waals surface area contributed by atoms with E-state index in [0.29, 0.717) is 15.6 Å². The Bertz CT molecular complexity index is 528. The third kappa shape index (κ3) is 5.63. The van der Waals surface area contributed by atoms with Gasteiger partial charge in [-0.1, -0.05) is 35.3 Å². The molecule has 0 aliphatic rings. The summed E-state index contributed by atoms with van der Waals surface area (Å²) >= 11 is 11.8. The number of benzene rings is 1. The Labute approximate surface area is 128 Å². The maximum atomic E-state index is 11.5. The van der Waals surface area contributed by atoms with E-state index >= 15 is 0 Å². The lowest BCUT2D eigenvalue weighted by molar-refractivity contribution is -0.124. The van der Waals surface area contributed by atoms with Crippen molar-refractivity contribution in [1.29, 1.82) is 0 Å². The van der Waals surface area contributed by atoms with E-state index in [2.05, 4.69) is 10.6 Å². The van der Waals surface area contributed by atoms with Crippen LogP contribution in [-0.2, 0) is 9.59 Å². The van der Waals surface area contributed by atoms with Gasteiger partial charge in [0.05, 0.1) is 16.6 Å². The van der Waals surface area contributed by atoms with E-state index in [1.54, 1.807) is 24.3 Å². The number of amides is 2. The van der Waals surface area contributed by atoms with Crippen LogP contribution in [0.4, 0.5) is 0 Å². The lowest BCUT2D eigenvalue weighted by Crippen LogP contribution is -2.39. The first-order valence-electron chi connectivity index (χ1n) is 6.09. The van der Waals surface area contributed by atoms with Gasteiger partial charge in [0.15, 0.2) is 0 Å². The monoisotopic (exact) mass is 314 g/mol. The van der Waals surface area contributed by atoms with E-state index in [-0.39, 0.29) is 24.4 Å². The molecular formula is C14H16Cl2N2O2. The molecular weight excluding hydrogens is 299 g/mol. The molecule has 0 saturated heterocycles. The smallest absolute Gasteiger partial charge is 0.244 e. The summed E-state index contributed by atoms with van der Waals surface area (Å²) in [6, 6.07) is 5.18. The quantitative estimate of drug-likeness (QED) is 0.821. The van der Waals surface area contributed by atoms with Crippen LogP contribution < -0.4 is 10.6 Å². The van der Waals surface area contributed by atoms with Crippen LogP contribution in [0.2, 0.25) is 10.0 Å². The van der Waals surface area contributed by atoms with E-state index < -0.39 is 0 Å². The van der Waals surface area contributed by atoms with Gasteiger partial charge in [0.2, 0.25) is 11.8 Å². The van der Waals surface area contributed by atoms with Crippen molar-refractivity contribution in [2.45, 2.75) is 19.9 Å². The number of nitrogens with one attached hydrogen (secondary N) is 2. The maximum Gasteiger partial charge on any atom is 0.244 e. The summed E-state index contributed by atoms with van der Waals surface area (Å²) in [5.41, 5.74) is 0.640. The first-order chi connectivity index (χ1) is 9.40. The molecule has 0 heterocycles. The van der Waals surface area contributed by atoms with Gasteiger partial charge >= 0.3 is 0 Å². The van der Waals surface area contributed by atoms with Crippen LogP contribution in [0.3, 0.4) is 0 Å². The third-order valence-electron chi connectivity index (χ3n) is 2.27. The average Bonchev–Trinajstić information content (AvgIpc) is 2.37. The van der Waals surface area contributed by atoms with E-state index in [1.165, 1.54) is 6.08 Å². The summed E-state index contributed by atoms with van der Waals surface area (Å²) in [5.74, 6) is -0.609. The highest BCUT2D eigenvalue weighted by atomic mass is 35.5. The first-order valence-corrected chi connectivity index (χ1v) is 6.85. The maximum absolute atomic E-state index is 11.5. The van der Waals surface area contributed by atoms with Crippen molar-refractivity contribution in [3.05, 3.63) is 39.9 Å². The Hall–Kier alpha value is -1.52. The minimum absolute atomic E-state index is 0.0419. The lowest BCUT2D eigenvalue weighted by atomic mass is 10.2. The summed E-state index contributed by atoms with van der Waals surface area (Å²) in [4.78, 5) is 22.9. The van der Waals surface area contributed by atoms with E-state index in [9.17, 15) is 9.59 Å². The Morgan fingerprint density at radius 1 is 1.30 bits per heavy atom. The van der Waals surface area contributed by atoms with Crippen LogP contribution >= 0.6 is 23.2 Å². The first kappa shape index (κ1) is 16.5. The molecule has 0 aromatic heterocycles. The van der Waals surface area contributed by atoms with Gasteiger partial charge in [0, 0.05) is 12.1 Å². The normalized spacial score (nSPS) is 10.8. The van der Waals surface area contributed by atoms with Crippen LogP contribution in [0.15, 0.2) is 24.3 Å². The predicted octanol–water partition coefficient (Wildman–Crippen LogP) is 2.65. The van der Waals surface area contributed by atoms with Gasteiger partial charge in [-0.2, -0.15) is 0 Å². The Morgan fingerprint density at radius 2 is 2.00 bits per heavy atom. The van der Waals surface area contributed by atoms with Crippen LogP contribution in [0, 0.1) is 0 Å². The van der Waals surface area contributed by atoms with Gasteiger partial charge in [-0.05, 0) is 31.6 Å². The van der Waals surface area contributed by atoms with Crippen LogP contribution in [0.1, 0.15) is 19.4 Å². The van der Waals surface area contributed by atoms with Crippen molar-refractivity contribution in [1.82, 2.24) is 10.6 Å². The van der Waals surface area contributed by atoms with Crippen molar-refractivity contribution in [3.63, 3.8) is 0 Å². The number of hydrogen-bond acceptors (Lipinski definition) is 2. The topological polar surface area (TPSA) is 58.2 Å². The fourth-order valence-electron chi connectivity index (χ4n) is 1.41.